The Balaban J connectivity index is 1.78. The van der Waals surface area contributed by atoms with E-state index in [2.05, 4.69) is 47.5 Å². The molecule has 112 valence electrons. The smallest absolute Gasteiger partial charge is 0.0645 e. The first-order valence-corrected chi connectivity index (χ1v) is 7.86. The van der Waals surface area contributed by atoms with Gasteiger partial charge in [0.25, 0.3) is 0 Å². The summed E-state index contributed by atoms with van der Waals surface area (Å²) in [7, 11) is 0. The Kier molecular flexibility index (Phi) is 4.36. The van der Waals surface area contributed by atoms with E-state index >= 15 is 0 Å². The second-order valence-electron chi connectivity index (χ2n) is 5.78. The lowest BCUT2D eigenvalue weighted by Gasteiger charge is -2.41. The van der Waals surface area contributed by atoms with Gasteiger partial charge in [0.15, 0.2) is 0 Å². The van der Waals surface area contributed by atoms with Crippen molar-refractivity contribution in [3.05, 3.63) is 48.3 Å². The van der Waals surface area contributed by atoms with Gasteiger partial charge in [0, 0.05) is 36.9 Å². The molecule has 1 saturated heterocycles. The molecule has 1 fully saturated rings. The zero-order valence-corrected chi connectivity index (χ0v) is 12.9. The average molecular weight is 284 g/mol. The minimum absolute atomic E-state index is 0.412. The van der Waals surface area contributed by atoms with Crippen LogP contribution in [0.3, 0.4) is 0 Å². The molecule has 1 aliphatic rings. The van der Waals surface area contributed by atoms with E-state index in [1.807, 2.05) is 29.1 Å². The van der Waals surface area contributed by atoms with Crippen LogP contribution < -0.4 is 5.32 Å². The summed E-state index contributed by atoms with van der Waals surface area (Å²) in [5.41, 5.74) is 2.41. The van der Waals surface area contributed by atoms with Crippen molar-refractivity contribution in [2.75, 3.05) is 19.6 Å². The fourth-order valence-corrected chi connectivity index (χ4v) is 2.92. The van der Waals surface area contributed by atoms with Gasteiger partial charge < -0.3 is 5.32 Å². The van der Waals surface area contributed by atoms with Crippen molar-refractivity contribution in [2.45, 2.75) is 32.4 Å². The number of hydrogen-bond donors (Lipinski definition) is 1. The molecule has 1 atom stereocenters. The number of nitrogens with zero attached hydrogens (tertiary/aromatic N) is 3. The van der Waals surface area contributed by atoms with Gasteiger partial charge in [-0.3, -0.25) is 4.90 Å². The van der Waals surface area contributed by atoms with E-state index in [0.717, 1.165) is 25.3 Å². The van der Waals surface area contributed by atoms with Gasteiger partial charge >= 0.3 is 0 Å². The van der Waals surface area contributed by atoms with Gasteiger partial charge in [-0.05, 0) is 32.0 Å². The molecule has 4 heteroatoms. The zero-order chi connectivity index (χ0) is 14.7. The summed E-state index contributed by atoms with van der Waals surface area (Å²) in [6, 6.07) is 11.4. The molecule has 0 aliphatic carbocycles. The largest absolute Gasteiger partial charge is 0.314 e. The first-order chi connectivity index (χ1) is 10.3. The quantitative estimate of drug-likeness (QED) is 0.885. The fraction of sp³-hybridized carbons (Fsp3) is 0.471. The standard InChI is InChI=1S/C17H24N4/c1-3-9-20(17-11-18-12-17)14(2)15-10-19-21(13-15)16-7-5-4-6-8-16/h4-8,10,13-14,17-18H,3,9,11-12H2,1-2H3. The fourth-order valence-electron chi connectivity index (χ4n) is 2.92. The van der Waals surface area contributed by atoms with Crippen molar-refractivity contribution in [1.29, 1.82) is 0 Å². The summed E-state index contributed by atoms with van der Waals surface area (Å²) in [5.74, 6) is 0. The molecule has 0 spiro atoms. The number of aromatic nitrogens is 2. The van der Waals surface area contributed by atoms with Crippen LogP contribution in [0.25, 0.3) is 5.69 Å². The van der Waals surface area contributed by atoms with E-state index in [1.54, 1.807) is 0 Å². The van der Waals surface area contributed by atoms with Gasteiger partial charge in [-0.2, -0.15) is 5.10 Å². The zero-order valence-electron chi connectivity index (χ0n) is 12.9. The lowest BCUT2D eigenvalue weighted by atomic mass is 10.0. The number of rotatable bonds is 6. The van der Waals surface area contributed by atoms with Crippen LogP contribution >= 0.6 is 0 Å². The Morgan fingerprint density at radius 1 is 1.33 bits per heavy atom. The van der Waals surface area contributed by atoms with Crippen LogP contribution in [0.4, 0.5) is 0 Å². The van der Waals surface area contributed by atoms with Crippen LogP contribution in [0.15, 0.2) is 42.7 Å². The molecule has 0 bridgehead atoms. The molecule has 0 radical (unpaired) electrons. The molecule has 4 nitrogen and oxygen atoms in total. The predicted molar refractivity (Wildman–Crippen MR) is 85.6 cm³/mol. The second kappa shape index (κ2) is 6.41. The van der Waals surface area contributed by atoms with Crippen LogP contribution in [0.1, 0.15) is 31.9 Å². The summed E-state index contributed by atoms with van der Waals surface area (Å²) >= 11 is 0. The van der Waals surface area contributed by atoms with Crippen molar-refractivity contribution >= 4 is 0 Å². The van der Waals surface area contributed by atoms with E-state index in [1.165, 1.54) is 12.0 Å². The highest BCUT2D eigenvalue weighted by atomic mass is 15.3. The topological polar surface area (TPSA) is 33.1 Å². The summed E-state index contributed by atoms with van der Waals surface area (Å²) in [6.07, 6.45) is 5.36. The maximum Gasteiger partial charge on any atom is 0.0645 e. The Labute approximate surface area is 126 Å². The highest BCUT2D eigenvalue weighted by Gasteiger charge is 2.28. The molecule has 2 heterocycles. The van der Waals surface area contributed by atoms with Crippen molar-refractivity contribution in [3.8, 4) is 5.69 Å². The molecule has 1 aliphatic heterocycles. The Bertz CT molecular complexity index is 559. The maximum atomic E-state index is 4.53. The Morgan fingerprint density at radius 2 is 2.10 bits per heavy atom. The summed E-state index contributed by atoms with van der Waals surface area (Å²) < 4.78 is 1.97. The van der Waals surface area contributed by atoms with Gasteiger partial charge in [-0.25, -0.2) is 4.68 Å². The van der Waals surface area contributed by atoms with Gasteiger partial charge in [0.1, 0.15) is 0 Å². The molecule has 1 aromatic heterocycles. The first kappa shape index (κ1) is 14.3. The van der Waals surface area contributed by atoms with E-state index in [9.17, 15) is 0 Å². The maximum absolute atomic E-state index is 4.53. The molecule has 1 aromatic carbocycles. The number of para-hydroxylation sites is 1. The summed E-state index contributed by atoms with van der Waals surface area (Å²) in [5, 5.41) is 7.90. The molecule has 2 aromatic rings. The van der Waals surface area contributed by atoms with E-state index in [-0.39, 0.29) is 0 Å². The van der Waals surface area contributed by atoms with Gasteiger partial charge in [0.2, 0.25) is 0 Å². The lowest BCUT2D eigenvalue weighted by Crippen LogP contribution is -2.57. The first-order valence-electron chi connectivity index (χ1n) is 7.86. The predicted octanol–water partition coefficient (Wildman–Crippen LogP) is 2.62. The monoisotopic (exact) mass is 284 g/mol. The normalized spacial score (nSPS) is 16.9. The summed E-state index contributed by atoms with van der Waals surface area (Å²) in [6.45, 7) is 7.90. The van der Waals surface area contributed by atoms with Crippen LogP contribution in [-0.4, -0.2) is 40.4 Å². The van der Waals surface area contributed by atoms with Crippen molar-refractivity contribution in [3.63, 3.8) is 0 Å². The minimum Gasteiger partial charge on any atom is -0.314 e. The van der Waals surface area contributed by atoms with Crippen LogP contribution in [0.5, 0.6) is 0 Å². The molecular formula is C17H24N4. The van der Waals surface area contributed by atoms with Crippen molar-refractivity contribution < 1.29 is 0 Å². The summed E-state index contributed by atoms with van der Waals surface area (Å²) in [4.78, 5) is 2.60. The third-order valence-electron chi connectivity index (χ3n) is 4.31. The Morgan fingerprint density at radius 3 is 2.71 bits per heavy atom. The van der Waals surface area contributed by atoms with Crippen LogP contribution in [0, 0.1) is 0 Å². The molecule has 21 heavy (non-hydrogen) atoms. The van der Waals surface area contributed by atoms with Crippen molar-refractivity contribution in [2.24, 2.45) is 0 Å². The van der Waals surface area contributed by atoms with Crippen molar-refractivity contribution in [1.82, 2.24) is 20.0 Å². The molecular weight excluding hydrogens is 260 g/mol. The highest BCUT2D eigenvalue weighted by molar-refractivity contribution is 5.31. The number of benzene rings is 1. The van der Waals surface area contributed by atoms with Crippen LogP contribution in [0.2, 0.25) is 0 Å². The van der Waals surface area contributed by atoms with E-state index < -0.39 is 0 Å². The molecule has 1 N–H and O–H groups in total. The molecule has 0 saturated carbocycles. The SMILES string of the molecule is CCCN(C1CNC1)C(C)c1cnn(-c2ccccc2)c1. The molecule has 3 rings (SSSR count). The van der Waals surface area contributed by atoms with E-state index in [0.29, 0.717) is 12.1 Å². The molecule has 0 amide bonds. The van der Waals surface area contributed by atoms with Crippen LogP contribution in [-0.2, 0) is 0 Å². The second-order valence-corrected chi connectivity index (χ2v) is 5.78. The van der Waals surface area contributed by atoms with Gasteiger partial charge in [-0.1, -0.05) is 25.1 Å². The number of nitrogens with one attached hydrogen (secondary N) is 1. The number of hydrogen-bond acceptors (Lipinski definition) is 3. The van der Waals surface area contributed by atoms with Gasteiger partial charge in [-0.15, -0.1) is 0 Å². The third-order valence-corrected chi connectivity index (χ3v) is 4.31. The lowest BCUT2D eigenvalue weighted by molar-refractivity contribution is 0.103. The third kappa shape index (κ3) is 3.01. The average Bonchev–Trinajstić information content (AvgIpc) is 2.95. The Hall–Kier alpha value is -1.65. The highest BCUT2D eigenvalue weighted by Crippen LogP contribution is 2.24. The molecule has 1 unspecified atom stereocenters. The minimum atomic E-state index is 0.412. The van der Waals surface area contributed by atoms with Gasteiger partial charge in [0.05, 0.1) is 11.9 Å². The van der Waals surface area contributed by atoms with E-state index in [4.69, 9.17) is 0 Å².